The summed E-state index contributed by atoms with van der Waals surface area (Å²) in [5.74, 6) is 4.38. The Bertz CT molecular complexity index is 9360. The molecule has 0 saturated carbocycles. The zero-order chi connectivity index (χ0) is 84.4. The Hall–Kier alpha value is -16.9. The largest absolute Gasteiger partial charge is 0.309 e. The number of thiophene rings is 1. The van der Waals surface area contributed by atoms with Crippen LogP contribution in [0.25, 0.3) is 241 Å². The van der Waals surface area contributed by atoms with Gasteiger partial charge >= 0.3 is 0 Å². The van der Waals surface area contributed by atoms with E-state index in [4.69, 9.17) is 44.9 Å². The van der Waals surface area contributed by atoms with E-state index in [1.54, 1.807) is 29.9 Å². The van der Waals surface area contributed by atoms with Crippen LogP contribution >= 0.6 is 11.3 Å². The second-order valence-electron chi connectivity index (χ2n) is 33.4. The van der Waals surface area contributed by atoms with Crippen LogP contribution in [0.15, 0.2) is 389 Å². The van der Waals surface area contributed by atoms with Crippen LogP contribution in [-0.4, -0.2) is 68.1 Å². The summed E-state index contributed by atoms with van der Waals surface area (Å²) >= 11 is 1.78. The zero-order valence-corrected chi connectivity index (χ0v) is 69.9. The maximum Gasteiger partial charge on any atom is 0.184 e. The van der Waals surface area contributed by atoms with Gasteiger partial charge in [0.15, 0.2) is 57.4 Å². The van der Waals surface area contributed by atoms with Gasteiger partial charge in [0, 0.05) is 116 Å². The van der Waals surface area contributed by atoms with Crippen molar-refractivity contribution in [3.63, 3.8) is 0 Å². The lowest BCUT2D eigenvalue weighted by Crippen LogP contribution is -2.17. The molecular weight excluding hydrogens is 1600 g/mol. The first-order chi connectivity index (χ1) is 63.2. The van der Waals surface area contributed by atoms with Crippen LogP contribution in [0.3, 0.4) is 0 Å². The fraction of sp³-hybridized carbons (Fsp3) is 0.0351. The van der Waals surface area contributed by atoms with Crippen molar-refractivity contribution in [3.05, 3.63) is 400 Å². The van der Waals surface area contributed by atoms with Crippen LogP contribution in [0, 0.1) is 0 Å². The number of pyridine rings is 2. The summed E-state index contributed by atoms with van der Waals surface area (Å²) in [6.07, 6.45) is 7.03. The molecule has 1 aliphatic rings. The highest BCUT2D eigenvalue weighted by atomic mass is 32.1. The predicted octanol–water partition coefficient (Wildman–Crippen LogP) is 28.6. The lowest BCUT2D eigenvalue weighted by Gasteiger charge is -2.24. The molecule has 1 aliphatic carbocycles. The molecular formula is C114H74N14S. The minimum absolute atomic E-state index is 0. The fourth-order valence-corrected chi connectivity index (χ4v) is 21.4. The van der Waals surface area contributed by atoms with E-state index in [9.17, 15) is 0 Å². The second kappa shape index (κ2) is 29.4. The summed E-state index contributed by atoms with van der Waals surface area (Å²) in [6, 6.07) is 129. The number of aromatic nitrogens is 14. The van der Waals surface area contributed by atoms with E-state index in [-0.39, 0.29) is 12.8 Å². The minimum Gasteiger partial charge on any atom is -0.309 e. The molecule has 15 heteroatoms. The molecule has 0 bridgehead atoms. The van der Waals surface area contributed by atoms with E-state index in [1.165, 1.54) is 118 Å². The topological polar surface area (TPSA) is 149 Å². The highest BCUT2D eigenvalue weighted by molar-refractivity contribution is 7.26. The number of hydrogen-bond acceptors (Lipinski definition) is 11. The van der Waals surface area contributed by atoms with Gasteiger partial charge in [-0.1, -0.05) is 258 Å². The Morgan fingerprint density at radius 1 is 0.248 bits per heavy atom. The lowest BCUT2D eigenvalue weighted by molar-refractivity contribution is 0.661. The van der Waals surface area contributed by atoms with Gasteiger partial charge in [-0.25, -0.2) is 49.8 Å². The average Bonchev–Trinajstić information content (AvgIpc) is 1.57. The van der Waals surface area contributed by atoms with Crippen LogP contribution < -0.4 is 0 Å². The van der Waals surface area contributed by atoms with Gasteiger partial charge in [0.2, 0.25) is 0 Å². The highest BCUT2D eigenvalue weighted by Gasteiger charge is 2.38. The van der Waals surface area contributed by atoms with Gasteiger partial charge < -0.3 is 4.57 Å². The van der Waals surface area contributed by atoms with E-state index in [0.29, 0.717) is 39.9 Å². The van der Waals surface area contributed by atoms with Crippen LogP contribution in [0.5, 0.6) is 0 Å². The molecule has 0 spiro atoms. The fourth-order valence-electron chi connectivity index (χ4n) is 20.2. The molecule has 28 rings (SSSR count). The van der Waals surface area contributed by atoms with E-state index in [1.807, 2.05) is 18.3 Å². The first kappa shape index (κ1) is 74.7. The smallest absolute Gasteiger partial charge is 0.184 e. The third-order valence-electron chi connectivity index (χ3n) is 25.9. The molecule has 0 atom stereocenters. The van der Waals surface area contributed by atoms with Gasteiger partial charge in [0.05, 0.1) is 54.9 Å². The predicted molar refractivity (Wildman–Crippen MR) is 533 cm³/mol. The number of fused-ring (bicyclic) bond motifs is 24. The Morgan fingerprint density at radius 2 is 0.643 bits per heavy atom. The van der Waals surface area contributed by atoms with Crippen molar-refractivity contribution in [2.24, 2.45) is 0 Å². The summed E-state index contributed by atoms with van der Waals surface area (Å²) in [6.45, 7) is 4.61. The first-order valence-corrected chi connectivity index (χ1v) is 43.8. The zero-order valence-electron chi connectivity index (χ0n) is 69.1. The standard InChI is InChI=1S/C41H25N5.C38H26N4.C34H19N5S.CH4/c1-2-13-29(14-3-1)45-35-18-8-6-15-30(35)33-24-28(20-21-37(33)45)39-43-40-32(17-10-22-42-40)41(44-39)46-36-19-9-7-16-31(36)34-23-26-11-4-5-12-27(26)25-38(34)46;1-38(2)31-18-7-5-13-25(31)27-15-9-16-28(34(27)38)36-40-35-29(17-10-20-39-35)37(41-36)42-32-19-8-6-14-26(32)30-21-23-11-3-4-12-24(23)22-33(30)42;1-2-9-21-19-28-26(18-20(21)8-1)22-10-3-5-14-27(22)39(28)34-30-33(36-17-16-35-30)37-32(38-34)25-13-7-12-24-23-11-4-6-15-29(23)40-31(24)25;/h1-25H;3-22H,1-2H3;1-19H;1H4. The maximum absolute atomic E-state index is 5.41. The van der Waals surface area contributed by atoms with Crippen molar-refractivity contribution in [2.75, 3.05) is 0 Å². The lowest BCUT2D eigenvalue weighted by atomic mass is 9.80. The molecule has 11 heterocycles. The van der Waals surface area contributed by atoms with Gasteiger partial charge in [-0.05, 0) is 182 Å². The third-order valence-corrected chi connectivity index (χ3v) is 27.1. The Balaban J connectivity index is 0.000000105. The van der Waals surface area contributed by atoms with E-state index in [2.05, 4.69) is 389 Å². The van der Waals surface area contributed by atoms with Gasteiger partial charge in [0.25, 0.3) is 0 Å². The maximum atomic E-state index is 5.41. The minimum atomic E-state index is -0.184. The molecule has 0 radical (unpaired) electrons. The molecule has 0 fully saturated rings. The van der Waals surface area contributed by atoms with E-state index < -0.39 is 0 Å². The average molecular weight is 1670 g/mol. The summed E-state index contributed by atoms with van der Waals surface area (Å²) in [5, 5.41) is 21.0. The molecule has 27 aromatic rings. The van der Waals surface area contributed by atoms with Crippen molar-refractivity contribution < 1.29 is 0 Å². The molecule has 0 N–H and O–H groups in total. The highest BCUT2D eigenvalue weighted by Crippen LogP contribution is 2.53. The number of nitrogens with zero attached hydrogens (tertiary/aromatic N) is 14. The monoisotopic (exact) mass is 1670 g/mol. The molecule has 14 nitrogen and oxygen atoms in total. The second-order valence-corrected chi connectivity index (χ2v) is 34.4. The number of benzene rings is 16. The quantitative estimate of drug-likeness (QED) is 0.151. The molecule has 16 aromatic carbocycles. The third kappa shape index (κ3) is 11.7. The van der Waals surface area contributed by atoms with E-state index >= 15 is 0 Å². The summed E-state index contributed by atoms with van der Waals surface area (Å²) in [4.78, 5) is 50.0. The number of para-hydroxylation sites is 5. The van der Waals surface area contributed by atoms with Crippen LogP contribution in [-0.2, 0) is 5.41 Å². The van der Waals surface area contributed by atoms with Gasteiger partial charge in [-0.2, -0.15) is 0 Å². The molecule has 0 saturated heterocycles. The molecule has 606 valence electrons. The Kier molecular flexibility index (Phi) is 17.0. The molecule has 11 aromatic heterocycles. The summed E-state index contributed by atoms with van der Waals surface area (Å²) in [7, 11) is 0. The molecule has 129 heavy (non-hydrogen) atoms. The van der Waals surface area contributed by atoms with Crippen molar-refractivity contribution >= 4 is 184 Å². The first-order valence-electron chi connectivity index (χ1n) is 43.0. The summed E-state index contributed by atoms with van der Waals surface area (Å²) in [5.41, 5.74) is 20.6. The Labute approximate surface area is 742 Å². The van der Waals surface area contributed by atoms with Crippen LogP contribution in [0.1, 0.15) is 32.4 Å². The number of hydrogen-bond donors (Lipinski definition) is 0. The van der Waals surface area contributed by atoms with Crippen LogP contribution in [0.2, 0.25) is 0 Å². The summed E-state index contributed by atoms with van der Waals surface area (Å²) < 4.78 is 11.6. The van der Waals surface area contributed by atoms with Crippen LogP contribution in [0.4, 0.5) is 0 Å². The van der Waals surface area contributed by atoms with Crippen molar-refractivity contribution in [3.8, 4) is 68.4 Å². The normalized spacial score (nSPS) is 12.4. The van der Waals surface area contributed by atoms with Gasteiger partial charge in [-0.15, -0.1) is 11.3 Å². The van der Waals surface area contributed by atoms with E-state index in [0.717, 1.165) is 94.6 Å². The Morgan fingerprint density at radius 3 is 1.23 bits per heavy atom. The van der Waals surface area contributed by atoms with Gasteiger partial charge in [-0.3, -0.25) is 13.7 Å². The SMILES string of the molecule is C.CC1(C)c2ccccc2-c2cccc(-c3nc(-n4c5ccccc5c5cc6ccccc6cc54)c4cccnc4n3)c21.c1ccc(-n2c3ccccc3c3cc(-c4nc(-n5c6ccccc6c6cc7ccccc7cc65)c5cccnc5n4)ccc32)cc1.c1ccc2cc3c(cc2c1)c1ccccc1n3-c1nc(-c2cccc3c2sc2ccccc23)nc2nccnc12. The molecule has 0 unspecified atom stereocenters. The van der Waals surface area contributed by atoms with Crippen molar-refractivity contribution in [1.82, 2.24) is 68.1 Å². The van der Waals surface area contributed by atoms with Crippen molar-refractivity contribution in [1.29, 1.82) is 0 Å². The number of rotatable bonds is 7. The molecule has 0 amide bonds. The molecule has 0 aliphatic heterocycles. The van der Waals surface area contributed by atoms with Crippen molar-refractivity contribution in [2.45, 2.75) is 26.7 Å². The van der Waals surface area contributed by atoms with Gasteiger partial charge in [0.1, 0.15) is 0 Å².